The molecule has 1 heterocycles. The normalized spacial score (nSPS) is 10.9. The van der Waals surface area contributed by atoms with E-state index in [4.69, 9.17) is 5.11 Å². The zero-order valence-electron chi connectivity index (χ0n) is 9.31. The standard InChI is InChI=1S/C14H9NO3/c16-13-9-3-1-2-4-11(9)15-12-6-5-8(14(17)18)7-10(12)13/h1-7H,(H,15,16)(H,17,18). The van der Waals surface area contributed by atoms with Gasteiger partial charge in [0.25, 0.3) is 0 Å². The number of aromatic carboxylic acids is 1. The summed E-state index contributed by atoms with van der Waals surface area (Å²) in [4.78, 5) is 26.3. The second kappa shape index (κ2) is 3.70. The number of aromatic nitrogens is 1. The minimum Gasteiger partial charge on any atom is -0.478 e. The number of hydrogen-bond donors (Lipinski definition) is 2. The molecular weight excluding hydrogens is 230 g/mol. The molecular formula is C14H9NO3. The molecule has 88 valence electrons. The summed E-state index contributed by atoms with van der Waals surface area (Å²) in [5.74, 6) is -1.04. The van der Waals surface area contributed by atoms with Crippen LogP contribution in [0.15, 0.2) is 47.3 Å². The quantitative estimate of drug-likeness (QED) is 0.640. The number of rotatable bonds is 1. The Kier molecular flexibility index (Phi) is 2.16. The fourth-order valence-corrected chi connectivity index (χ4v) is 2.05. The van der Waals surface area contributed by atoms with Crippen molar-refractivity contribution in [3.63, 3.8) is 0 Å². The van der Waals surface area contributed by atoms with Crippen molar-refractivity contribution in [3.8, 4) is 0 Å². The van der Waals surface area contributed by atoms with Gasteiger partial charge in [0.15, 0.2) is 5.43 Å². The molecule has 4 heteroatoms. The monoisotopic (exact) mass is 239 g/mol. The molecule has 0 saturated heterocycles. The van der Waals surface area contributed by atoms with Crippen LogP contribution in [0.3, 0.4) is 0 Å². The highest BCUT2D eigenvalue weighted by Crippen LogP contribution is 2.15. The van der Waals surface area contributed by atoms with Gasteiger partial charge in [0, 0.05) is 21.8 Å². The molecule has 1 aromatic heterocycles. The number of carboxylic acids is 1. The van der Waals surface area contributed by atoms with Crippen molar-refractivity contribution in [1.29, 1.82) is 0 Å². The molecule has 0 aliphatic rings. The van der Waals surface area contributed by atoms with Crippen molar-refractivity contribution in [2.45, 2.75) is 0 Å². The number of fused-ring (bicyclic) bond motifs is 2. The average Bonchev–Trinajstić information content (AvgIpc) is 2.38. The molecule has 3 aromatic rings. The van der Waals surface area contributed by atoms with Crippen molar-refractivity contribution >= 4 is 27.8 Å². The molecule has 0 radical (unpaired) electrons. The number of aromatic amines is 1. The molecule has 2 aromatic carbocycles. The second-order valence-electron chi connectivity index (χ2n) is 4.07. The lowest BCUT2D eigenvalue weighted by molar-refractivity contribution is 0.0697. The average molecular weight is 239 g/mol. The summed E-state index contributed by atoms with van der Waals surface area (Å²) < 4.78 is 0. The number of carbonyl (C=O) groups is 1. The van der Waals surface area contributed by atoms with Crippen LogP contribution in [0.2, 0.25) is 0 Å². The Balaban J connectivity index is 2.49. The minimum absolute atomic E-state index is 0.114. The van der Waals surface area contributed by atoms with Gasteiger partial charge in [-0.3, -0.25) is 4.79 Å². The number of hydrogen-bond acceptors (Lipinski definition) is 2. The maximum Gasteiger partial charge on any atom is 0.335 e. The number of pyridine rings is 1. The van der Waals surface area contributed by atoms with Crippen molar-refractivity contribution in [3.05, 3.63) is 58.3 Å². The van der Waals surface area contributed by atoms with E-state index < -0.39 is 5.97 Å². The lowest BCUT2D eigenvalue weighted by atomic mass is 10.1. The number of H-pyrrole nitrogens is 1. The maximum atomic E-state index is 12.2. The van der Waals surface area contributed by atoms with E-state index in [9.17, 15) is 9.59 Å². The van der Waals surface area contributed by atoms with Crippen LogP contribution in [0.25, 0.3) is 21.8 Å². The van der Waals surface area contributed by atoms with Gasteiger partial charge >= 0.3 is 5.97 Å². The van der Waals surface area contributed by atoms with E-state index in [1.54, 1.807) is 18.2 Å². The number of nitrogens with one attached hydrogen (secondary N) is 1. The zero-order chi connectivity index (χ0) is 12.7. The van der Waals surface area contributed by atoms with Crippen LogP contribution in [0.4, 0.5) is 0 Å². The molecule has 0 atom stereocenters. The van der Waals surface area contributed by atoms with E-state index in [0.717, 1.165) is 5.52 Å². The largest absolute Gasteiger partial charge is 0.478 e. The van der Waals surface area contributed by atoms with E-state index in [0.29, 0.717) is 16.3 Å². The number of benzene rings is 2. The van der Waals surface area contributed by atoms with E-state index >= 15 is 0 Å². The van der Waals surface area contributed by atoms with Crippen molar-refractivity contribution in [2.75, 3.05) is 0 Å². The third-order valence-electron chi connectivity index (χ3n) is 2.95. The van der Waals surface area contributed by atoms with Crippen LogP contribution in [0.5, 0.6) is 0 Å². The summed E-state index contributed by atoms with van der Waals surface area (Å²) in [6.07, 6.45) is 0. The van der Waals surface area contributed by atoms with Gasteiger partial charge in [-0.2, -0.15) is 0 Å². The van der Waals surface area contributed by atoms with Gasteiger partial charge in [0.1, 0.15) is 0 Å². The fourth-order valence-electron chi connectivity index (χ4n) is 2.05. The molecule has 18 heavy (non-hydrogen) atoms. The molecule has 0 amide bonds. The van der Waals surface area contributed by atoms with Gasteiger partial charge in [-0.15, -0.1) is 0 Å². The Morgan fingerprint density at radius 3 is 2.50 bits per heavy atom. The first kappa shape index (κ1) is 10.5. The predicted molar refractivity (Wildman–Crippen MR) is 69.0 cm³/mol. The maximum absolute atomic E-state index is 12.2. The highest BCUT2D eigenvalue weighted by Gasteiger charge is 2.08. The topological polar surface area (TPSA) is 70.2 Å². The molecule has 0 aliphatic carbocycles. The van der Waals surface area contributed by atoms with Gasteiger partial charge in [-0.05, 0) is 30.3 Å². The second-order valence-corrected chi connectivity index (χ2v) is 4.07. The smallest absolute Gasteiger partial charge is 0.335 e. The van der Waals surface area contributed by atoms with Crippen LogP contribution < -0.4 is 5.43 Å². The lowest BCUT2D eigenvalue weighted by Gasteiger charge is -2.03. The van der Waals surface area contributed by atoms with Crippen LogP contribution in [-0.4, -0.2) is 16.1 Å². The Labute approximate surface area is 101 Å². The SMILES string of the molecule is O=C(O)c1ccc2[nH]c3ccccc3c(=O)c2c1. The molecule has 0 unspecified atom stereocenters. The molecule has 0 spiro atoms. The summed E-state index contributed by atoms with van der Waals surface area (Å²) in [5.41, 5.74) is 1.35. The summed E-state index contributed by atoms with van der Waals surface area (Å²) in [6, 6.07) is 11.7. The van der Waals surface area contributed by atoms with Gasteiger partial charge in [-0.25, -0.2) is 4.79 Å². The van der Waals surface area contributed by atoms with Gasteiger partial charge in [0.2, 0.25) is 0 Å². The minimum atomic E-state index is -1.04. The van der Waals surface area contributed by atoms with E-state index in [1.807, 2.05) is 12.1 Å². The van der Waals surface area contributed by atoms with Crippen LogP contribution >= 0.6 is 0 Å². The highest BCUT2D eigenvalue weighted by molar-refractivity contribution is 5.97. The highest BCUT2D eigenvalue weighted by atomic mass is 16.4. The van der Waals surface area contributed by atoms with Crippen LogP contribution in [-0.2, 0) is 0 Å². The first-order chi connectivity index (χ1) is 8.66. The molecule has 4 nitrogen and oxygen atoms in total. The van der Waals surface area contributed by atoms with Crippen LogP contribution in [0.1, 0.15) is 10.4 Å². The summed E-state index contributed by atoms with van der Waals surface area (Å²) >= 11 is 0. The van der Waals surface area contributed by atoms with Gasteiger partial charge in [0.05, 0.1) is 5.56 Å². The number of para-hydroxylation sites is 1. The van der Waals surface area contributed by atoms with Crippen LogP contribution in [0, 0.1) is 0 Å². The molecule has 3 rings (SSSR count). The Morgan fingerprint density at radius 2 is 1.72 bits per heavy atom. The summed E-state index contributed by atoms with van der Waals surface area (Å²) in [5, 5.41) is 9.90. The zero-order valence-corrected chi connectivity index (χ0v) is 9.31. The Hall–Kier alpha value is -2.62. The summed E-state index contributed by atoms with van der Waals surface area (Å²) in [6.45, 7) is 0. The third-order valence-corrected chi connectivity index (χ3v) is 2.95. The molecule has 0 aliphatic heterocycles. The van der Waals surface area contributed by atoms with Crippen molar-refractivity contribution in [1.82, 2.24) is 4.98 Å². The first-order valence-corrected chi connectivity index (χ1v) is 5.45. The van der Waals surface area contributed by atoms with E-state index in [-0.39, 0.29) is 11.0 Å². The molecule has 0 saturated carbocycles. The first-order valence-electron chi connectivity index (χ1n) is 5.45. The third kappa shape index (κ3) is 1.47. The molecule has 0 bridgehead atoms. The molecule has 0 fully saturated rings. The van der Waals surface area contributed by atoms with Gasteiger partial charge in [-0.1, -0.05) is 12.1 Å². The van der Waals surface area contributed by atoms with Crippen molar-refractivity contribution < 1.29 is 9.90 Å². The fraction of sp³-hybridized carbons (Fsp3) is 0. The van der Waals surface area contributed by atoms with E-state index in [1.165, 1.54) is 12.1 Å². The van der Waals surface area contributed by atoms with Gasteiger partial charge < -0.3 is 10.1 Å². The molecule has 2 N–H and O–H groups in total. The predicted octanol–water partition coefficient (Wildman–Crippen LogP) is 2.38. The Morgan fingerprint density at radius 1 is 1.00 bits per heavy atom. The number of carboxylic acid groups (broad SMARTS) is 1. The lowest BCUT2D eigenvalue weighted by Crippen LogP contribution is -2.06. The Bertz CT molecular complexity index is 833. The van der Waals surface area contributed by atoms with Crippen molar-refractivity contribution in [2.24, 2.45) is 0 Å². The van der Waals surface area contributed by atoms with E-state index in [2.05, 4.69) is 4.98 Å². The summed E-state index contributed by atoms with van der Waals surface area (Å²) in [7, 11) is 0.